The smallest absolute Gasteiger partial charge is 0.241 e. The predicted octanol–water partition coefficient (Wildman–Crippen LogP) is 4.34. The van der Waals surface area contributed by atoms with Crippen molar-refractivity contribution in [1.29, 1.82) is 0 Å². The van der Waals surface area contributed by atoms with E-state index in [1.807, 2.05) is 40.2 Å². The lowest BCUT2D eigenvalue weighted by atomic mass is 10.0. The first-order valence-corrected chi connectivity index (χ1v) is 9.15. The highest BCUT2D eigenvalue weighted by atomic mass is 16.2. The van der Waals surface area contributed by atoms with E-state index in [0.29, 0.717) is 5.92 Å². The zero-order chi connectivity index (χ0) is 19.3. The van der Waals surface area contributed by atoms with Crippen LogP contribution in [0.25, 0.3) is 0 Å². The average molecular weight is 354 g/mol. The van der Waals surface area contributed by atoms with Gasteiger partial charge in [-0.15, -0.1) is 0 Å². The Labute approximate surface area is 157 Å². The van der Waals surface area contributed by atoms with E-state index in [1.165, 1.54) is 16.8 Å². The van der Waals surface area contributed by atoms with Crippen molar-refractivity contribution in [2.75, 3.05) is 31.4 Å². The summed E-state index contributed by atoms with van der Waals surface area (Å²) in [4.78, 5) is 16.7. The van der Waals surface area contributed by atoms with Crippen LogP contribution in [-0.2, 0) is 11.3 Å². The summed E-state index contributed by atoms with van der Waals surface area (Å²) in [5.74, 6) is 0.499. The lowest BCUT2D eigenvalue weighted by molar-refractivity contribution is -0.120. The summed E-state index contributed by atoms with van der Waals surface area (Å²) in [6, 6.07) is 16.3. The molecule has 4 heteroatoms. The Hall–Kier alpha value is -2.33. The SMILES string of the molecule is CC(C)c1ccc(NC(=O)[C@@H](C)N(C)Cc2ccc(N(C)C)cc2)cc1. The minimum Gasteiger partial charge on any atom is -0.378 e. The highest BCUT2D eigenvalue weighted by molar-refractivity contribution is 5.94. The van der Waals surface area contributed by atoms with Crippen LogP contribution in [0.1, 0.15) is 37.8 Å². The molecule has 0 aliphatic carbocycles. The number of amides is 1. The summed E-state index contributed by atoms with van der Waals surface area (Å²) in [6.45, 7) is 6.99. The van der Waals surface area contributed by atoms with Crippen molar-refractivity contribution in [2.24, 2.45) is 0 Å². The molecule has 2 aromatic carbocycles. The molecule has 0 spiro atoms. The van der Waals surface area contributed by atoms with E-state index < -0.39 is 0 Å². The highest BCUT2D eigenvalue weighted by Gasteiger charge is 2.18. The fourth-order valence-electron chi connectivity index (χ4n) is 2.72. The van der Waals surface area contributed by atoms with Gasteiger partial charge in [-0.25, -0.2) is 0 Å². The summed E-state index contributed by atoms with van der Waals surface area (Å²) in [6.07, 6.45) is 0. The Balaban J connectivity index is 1.93. The summed E-state index contributed by atoms with van der Waals surface area (Å²) in [5.41, 5.74) is 4.48. The van der Waals surface area contributed by atoms with E-state index in [9.17, 15) is 4.79 Å². The monoisotopic (exact) mass is 353 g/mol. The summed E-state index contributed by atoms with van der Waals surface area (Å²) < 4.78 is 0. The normalized spacial score (nSPS) is 12.3. The van der Waals surface area contributed by atoms with Crippen molar-refractivity contribution in [2.45, 2.75) is 39.3 Å². The molecule has 0 saturated heterocycles. The molecule has 1 N–H and O–H groups in total. The van der Waals surface area contributed by atoms with Gasteiger partial charge in [0, 0.05) is 32.0 Å². The highest BCUT2D eigenvalue weighted by Crippen LogP contribution is 2.18. The van der Waals surface area contributed by atoms with Crippen LogP contribution in [0.4, 0.5) is 11.4 Å². The number of carbonyl (C=O) groups excluding carboxylic acids is 1. The lowest BCUT2D eigenvalue weighted by Gasteiger charge is -2.24. The van der Waals surface area contributed by atoms with Gasteiger partial charge in [0.15, 0.2) is 0 Å². The van der Waals surface area contributed by atoms with Crippen LogP contribution in [0, 0.1) is 0 Å². The number of nitrogens with zero attached hydrogens (tertiary/aromatic N) is 2. The van der Waals surface area contributed by atoms with Gasteiger partial charge >= 0.3 is 0 Å². The Kier molecular flexibility index (Phi) is 6.81. The molecule has 26 heavy (non-hydrogen) atoms. The lowest BCUT2D eigenvalue weighted by Crippen LogP contribution is -2.39. The Morgan fingerprint density at radius 3 is 2.00 bits per heavy atom. The number of hydrogen-bond acceptors (Lipinski definition) is 3. The van der Waals surface area contributed by atoms with Crippen molar-refractivity contribution in [3.63, 3.8) is 0 Å². The van der Waals surface area contributed by atoms with E-state index in [-0.39, 0.29) is 11.9 Å². The second-order valence-electron chi connectivity index (χ2n) is 7.42. The zero-order valence-corrected chi connectivity index (χ0v) is 16.8. The third-order valence-corrected chi connectivity index (χ3v) is 4.77. The van der Waals surface area contributed by atoms with Crippen LogP contribution in [0.15, 0.2) is 48.5 Å². The van der Waals surface area contributed by atoms with E-state index >= 15 is 0 Å². The molecule has 0 heterocycles. The Bertz CT molecular complexity index is 705. The van der Waals surface area contributed by atoms with E-state index in [2.05, 4.69) is 65.4 Å². The van der Waals surface area contributed by atoms with Crippen LogP contribution < -0.4 is 10.2 Å². The van der Waals surface area contributed by atoms with Crippen LogP contribution in [-0.4, -0.2) is 38.0 Å². The standard InChI is InChI=1S/C22H31N3O/c1-16(2)19-9-11-20(12-10-19)23-22(26)17(3)25(6)15-18-7-13-21(14-8-18)24(4)5/h7-14,16-17H,15H2,1-6H3,(H,23,26)/t17-/m1/s1. The van der Waals surface area contributed by atoms with Crippen molar-refractivity contribution >= 4 is 17.3 Å². The van der Waals surface area contributed by atoms with Crippen LogP contribution in [0.2, 0.25) is 0 Å². The predicted molar refractivity (Wildman–Crippen MR) is 111 cm³/mol. The number of anilines is 2. The van der Waals surface area contributed by atoms with E-state index in [1.54, 1.807) is 0 Å². The Morgan fingerprint density at radius 1 is 0.923 bits per heavy atom. The molecule has 0 saturated carbocycles. The molecular weight excluding hydrogens is 322 g/mol. The minimum atomic E-state index is -0.215. The van der Waals surface area contributed by atoms with Crippen molar-refractivity contribution < 1.29 is 4.79 Å². The van der Waals surface area contributed by atoms with Gasteiger partial charge in [0.05, 0.1) is 6.04 Å². The number of rotatable bonds is 7. The first-order chi connectivity index (χ1) is 12.3. The van der Waals surface area contributed by atoms with E-state index in [0.717, 1.165) is 12.2 Å². The molecule has 0 radical (unpaired) electrons. The number of carbonyl (C=O) groups is 1. The quantitative estimate of drug-likeness (QED) is 0.804. The summed E-state index contributed by atoms with van der Waals surface area (Å²) in [5, 5.41) is 3.01. The molecule has 0 aromatic heterocycles. The van der Waals surface area contributed by atoms with Gasteiger partial charge in [0.25, 0.3) is 0 Å². The Morgan fingerprint density at radius 2 is 1.50 bits per heavy atom. The number of hydrogen-bond donors (Lipinski definition) is 1. The number of likely N-dealkylation sites (N-methyl/N-ethyl adjacent to an activating group) is 1. The first kappa shape index (κ1) is 20.0. The second kappa shape index (κ2) is 8.86. The molecule has 140 valence electrons. The third kappa shape index (κ3) is 5.33. The molecule has 0 bridgehead atoms. The fourth-order valence-corrected chi connectivity index (χ4v) is 2.72. The maximum Gasteiger partial charge on any atom is 0.241 e. The molecule has 2 rings (SSSR count). The van der Waals surface area contributed by atoms with Crippen LogP contribution in [0.3, 0.4) is 0 Å². The molecule has 1 atom stereocenters. The van der Waals surface area contributed by atoms with Gasteiger partial charge in [-0.2, -0.15) is 0 Å². The van der Waals surface area contributed by atoms with Gasteiger partial charge in [-0.3, -0.25) is 9.69 Å². The summed E-state index contributed by atoms with van der Waals surface area (Å²) in [7, 11) is 6.04. The largest absolute Gasteiger partial charge is 0.378 e. The number of benzene rings is 2. The molecule has 0 aliphatic rings. The molecule has 0 fully saturated rings. The van der Waals surface area contributed by atoms with Gasteiger partial charge in [0.2, 0.25) is 5.91 Å². The van der Waals surface area contributed by atoms with Gasteiger partial charge in [0.1, 0.15) is 0 Å². The number of nitrogens with one attached hydrogen (secondary N) is 1. The van der Waals surface area contributed by atoms with Crippen LogP contribution in [0.5, 0.6) is 0 Å². The average Bonchev–Trinajstić information content (AvgIpc) is 2.61. The van der Waals surface area contributed by atoms with Crippen molar-refractivity contribution in [3.8, 4) is 0 Å². The van der Waals surface area contributed by atoms with Gasteiger partial charge < -0.3 is 10.2 Å². The van der Waals surface area contributed by atoms with E-state index in [4.69, 9.17) is 0 Å². The van der Waals surface area contributed by atoms with Gasteiger partial charge in [-0.1, -0.05) is 38.1 Å². The maximum atomic E-state index is 12.5. The van der Waals surface area contributed by atoms with Gasteiger partial charge in [-0.05, 0) is 55.3 Å². The molecular formula is C22H31N3O. The second-order valence-corrected chi connectivity index (χ2v) is 7.42. The maximum absolute atomic E-state index is 12.5. The summed E-state index contributed by atoms with van der Waals surface area (Å²) >= 11 is 0. The third-order valence-electron chi connectivity index (χ3n) is 4.77. The minimum absolute atomic E-state index is 0.00899. The van der Waals surface area contributed by atoms with Crippen molar-refractivity contribution in [3.05, 3.63) is 59.7 Å². The zero-order valence-electron chi connectivity index (χ0n) is 16.8. The molecule has 2 aromatic rings. The van der Waals surface area contributed by atoms with Crippen LogP contribution >= 0.6 is 0 Å². The molecule has 0 unspecified atom stereocenters. The fraction of sp³-hybridized carbons (Fsp3) is 0.409. The van der Waals surface area contributed by atoms with Crippen molar-refractivity contribution in [1.82, 2.24) is 4.90 Å². The molecule has 4 nitrogen and oxygen atoms in total. The molecule has 1 amide bonds. The molecule has 0 aliphatic heterocycles. The first-order valence-electron chi connectivity index (χ1n) is 9.15. The topological polar surface area (TPSA) is 35.6 Å².